The van der Waals surface area contributed by atoms with E-state index in [1.54, 1.807) is 6.07 Å². The standard InChI is InChI=1S/C36H41FN6O3S/c1-22-18-43(19-23(2)39-22)20-25-7-9-26(10-8-25)27-5-4-6-31(15-27)46-35-32(16-28(37)17-38-35)33(44)41-29-11-13-30(14-12-29)42-34(45)36-40-24(3)21-47-36/h4-10,15-17,21-23,29-30,39H,11-14,18-20H2,1-3H3,(H,41,44)(H,42,45)/t22-,23+,29?,30?. The van der Waals surface area contributed by atoms with Gasteiger partial charge < -0.3 is 20.7 Å². The molecule has 2 fully saturated rings. The van der Waals surface area contributed by atoms with Crippen LogP contribution in [0.5, 0.6) is 11.6 Å². The molecule has 0 unspecified atom stereocenters. The number of hydrogen-bond acceptors (Lipinski definition) is 8. The van der Waals surface area contributed by atoms with Gasteiger partial charge in [0.05, 0.1) is 6.20 Å². The zero-order chi connectivity index (χ0) is 32.9. The third-order valence-electron chi connectivity index (χ3n) is 8.65. The van der Waals surface area contributed by atoms with Crippen molar-refractivity contribution < 1.29 is 18.7 Å². The minimum Gasteiger partial charge on any atom is -0.438 e. The quantitative estimate of drug-likeness (QED) is 0.200. The SMILES string of the molecule is Cc1csc(C(=O)NC2CCC(NC(=O)c3cc(F)cnc3Oc3cccc(-c4ccc(CN5C[C@@H](C)N[C@@H](C)C5)cc4)c3)CC2)n1. The maximum Gasteiger partial charge on any atom is 0.280 e. The first kappa shape index (κ1) is 32.7. The van der Waals surface area contributed by atoms with Gasteiger partial charge in [-0.2, -0.15) is 0 Å². The van der Waals surface area contributed by atoms with Crippen LogP contribution in [0.2, 0.25) is 0 Å². The highest BCUT2D eigenvalue weighted by Crippen LogP contribution is 2.29. The molecule has 1 aliphatic carbocycles. The smallest absolute Gasteiger partial charge is 0.280 e. The highest BCUT2D eigenvalue weighted by molar-refractivity contribution is 7.11. The predicted molar refractivity (Wildman–Crippen MR) is 181 cm³/mol. The highest BCUT2D eigenvalue weighted by Gasteiger charge is 2.27. The van der Waals surface area contributed by atoms with Gasteiger partial charge in [0.2, 0.25) is 5.88 Å². The number of hydrogen-bond donors (Lipinski definition) is 3. The molecule has 0 spiro atoms. The molecule has 0 radical (unpaired) electrons. The third kappa shape index (κ3) is 8.59. The molecular formula is C36H41FN6O3S. The van der Waals surface area contributed by atoms with Crippen molar-refractivity contribution in [3.05, 3.63) is 93.8 Å². The number of rotatable bonds is 9. The number of thiazole rings is 1. The summed E-state index contributed by atoms with van der Waals surface area (Å²) in [4.78, 5) is 36.7. The van der Waals surface area contributed by atoms with E-state index >= 15 is 0 Å². The Balaban J connectivity index is 1.06. The molecular weight excluding hydrogens is 616 g/mol. The second-order valence-corrected chi connectivity index (χ2v) is 13.6. The summed E-state index contributed by atoms with van der Waals surface area (Å²) < 4.78 is 20.4. The van der Waals surface area contributed by atoms with E-state index < -0.39 is 11.7 Å². The van der Waals surface area contributed by atoms with Gasteiger partial charge in [-0.15, -0.1) is 11.3 Å². The minimum atomic E-state index is -0.620. The van der Waals surface area contributed by atoms with E-state index in [1.165, 1.54) is 16.9 Å². The van der Waals surface area contributed by atoms with Gasteiger partial charge in [-0.3, -0.25) is 14.5 Å². The molecule has 2 atom stereocenters. The molecule has 3 N–H and O–H groups in total. The molecule has 1 saturated carbocycles. The lowest BCUT2D eigenvalue weighted by atomic mass is 9.91. The fourth-order valence-corrected chi connectivity index (χ4v) is 7.20. The van der Waals surface area contributed by atoms with Crippen LogP contribution in [0, 0.1) is 12.7 Å². The topological polar surface area (TPSA) is 108 Å². The molecule has 4 aromatic rings. The summed E-state index contributed by atoms with van der Waals surface area (Å²) >= 11 is 1.33. The number of benzene rings is 2. The van der Waals surface area contributed by atoms with Crippen LogP contribution >= 0.6 is 11.3 Å². The van der Waals surface area contributed by atoms with Gasteiger partial charge >= 0.3 is 0 Å². The highest BCUT2D eigenvalue weighted by atomic mass is 32.1. The first-order chi connectivity index (χ1) is 22.7. The average molecular weight is 657 g/mol. The summed E-state index contributed by atoms with van der Waals surface area (Å²) in [6.07, 6.45) is 3.84. The summed E-state index contributed by atoms with van der Waals surface area (Å²) in [7, 11) is 0. The Labute approximate surface area is 279 Å². The van der Waals surface area contributed by atoms with Crippen LogP contribution in [0.1, 0.15) is 70.9 Å². The molecule has 1 saturated heterocycles. The van der Waals surface area contributed by atoms with E-state index in [1.807, 2.05) is 30.5 Å². The second kappa shape index (κ2) is 14.7. The summed E-state index contributed by atoms with van der Waals surface area (Å²) in [6.45, 7) is 9.26. The van der Waals surface area contributed by atoms with Crippen molar-refractivity contribution in [2.45, 2.75) is 77.2 Å². The van der Waals surface area contributed by atoms with Crippen molar-refractivity contribution in [3.63, 3.8) is 0 Å². The Morgan fingerprint density at radius 1 is 0.957 bits per heavy atom. The number of nitrogens with one attached hydrogen (secondary N) is 3. The van der Waals surface area contributed by atoms with Crippen LogP contribution in [0.4, 0.5) is 4.39 Å². The molecule has 0 bridgehead atoms. The van der Waals surface area contributed by atoms with Crippen LogP contribution < -0.4 is 20.7 Å². The van der Waals surface area contributed by atoms with E-state index in [-0.39, 0.29) is 29.4 Å². The van der Waals surface area contributed by atoms with E-state index in [0.717, 1.165) is 48.7 Å². The third-order valence-corrected chi connectivity index (χ3v) is 9.61. The zero-order valence-corrected chi connectivity index (χ0v) is 27.8. The van der Waals surface area contributed by atoms with Crippen LogP contribution in [0.15, 0.2) is 66.2 Å². The maximum atomic E-state index is 14.3. The molecule has 3 heterocycles. The normalized spacial score (nSPS) is 21.6. The monoisotopic (exact) mass is 656 g/mol. The predicted octanol–water partition coefficient (Wildman–Crippen LogP) is 6.10. The van der Waals surface area contributed by atoms with E-state index in [9.17, 15) is 14.0 Å². The molecule has 2 aromatic heterocycles. The molecule has 2 amide bonds. The second-order valence-electron chi connectivity index (χ2n) is 12.8. The first-order valence-corrected chi connectivity index (χ1v) is 17.1. The van der Waals surface area contributed by atoms with Crippen LogP contribution in [-0.4, -0.2) is 63.9 Å². The molecule has 2 aromatic carbocycles. The van der Waals surface area contributed by atoms with Crippen molar-refractivity contribution in [2.24, 2.45) is 0 Å². The molecule has 47 heavy (non-hydrogen) atoms. The Morgan fingerprint density at radius 2 is 1.64 bits per heavy atom. The van der Waals surface area contributed by atoms with E-state index in [0.29, 0.717) is 48.5 Å². The van der Waals surface area contributed by atoms with Gasteiger partial charge in [0.25, 0.3) is 11.8 Å². The van der Waals surface area contributed by atoms with E-state index in [4.69, 9.17) is 4.74 Å². The largest absolute Gasteiger partial charge is 0.438 e. The molecule has 6 rings (SSSR count). The Kier molecular flexibility index (Phi) is 10.2. The van der Waals surface area contributed by atoms with Gasteiger partial charge in [-0.05, 0) is 81.3 Å². The number of piperazine rings is 1. The van der Waals surface area contributed by atoms with Gasteiger partial charge in [-0.25, -0.2) is 14.4 Å². The number of aryl methyl sites for hydroxylation is 1. The average Bonchev–Trinajstić information content (AvgIpc) is 3.49. The number of halogens is 1. The number of nitrogens with zero attached hydrogens (tertiary/aromatic N) is 3. The summed E-state index contributed by atoms with van der Waals surface area (Å²) in [5, 5.41) is 12.0. The number of pyridine rings is 1. The summed E-state index contributed by atoms with van der Waals surface area (Å²) in [5.74, 6) is -0.701. The van der Waals surface area contributed by atoms with Gasteiger partial charge in [0, 0.05) is 54.9 Å². The number of amides is 2. The van der Waals surface area contributed by atoms with Crippen molar-refractivity contribution in [1.82, 2.24) is 30.8 Å². The van der Waals surface area contributed by atoms with Crippen molar-refractivity contribution >= 4 is 23.2 Å². The first-order valence-electron chi connectivity index (χ1n) is 16.2. The molecule has 246 valence electrons. The Morgan fingerprint density at radius 3 is 2.30 bits per heavy atom. The fourth-order valence-electron chi connectivity index (χ4n) is 6.50. The fraction of sp³-hybridized carbons (Fsp3) is 0.389. The lowest BCUT2D eigenvalue weighted by Gasteiger charge is -2.36. The molecule has 1 aliphatic heterocycles. The van der Waals surface area contributed by atoms with Crippen molar-refractivity contribution in [3.8, 4) is 22.8 Å². The molecule has 9 nitrogen and oxygen atoms in total. The summed E-state index contributed by atoms with van der Waals surface area (Å²) in [6, 6.07) is 18.1. The van der Waals surface area contributed by atoms with Crippen LogP contribution in [0.3, 0.4) is 0 Å². The van der Waals surface area contributed by atoms with Gasteiger partial charge in [0.1, 0.15) is 17.1 Å². The maximum absolute atomic E-state index is 14.3. The van der Waals surface area contributed by atoms with Crippen molar-refractivity contribution in [2.75, 3.05) is 13.1 Å². The lowest BCUT2D eigenvalue weighted by molar-refractivity contribution is 0.0890. The van der Waals surface area contributed by atoms with E-state index in [2.05, 4.69) is 68.9 Å². The number of carbonyl (C=O) groups excluding carboxylic acids is 2. The zero-order valence-electron chi connectivity index (χ0n) is 27.0. The van der Waals surface area contributed by atoms with Crippen LogP contribution in [-0.2, 0) is 6.54 Å². The molecule has 11 heteroatoms. The van der Waals surface area contributed by atoms with Gasteiger partial charge in [0.15, 0.2) is 5.01 Å². The Hall–Kier alpha value is -4.19. The number of ether oxygens (including phenoxy) is 1. The van der Waals surface area contributed by atoms with Crippen LogP contribution in [0.25, 0.3) is 11.1 Å². The number of aromatic nitrogens is 2. The number of carbonyl (C=O) groups is 2. The van der Waals surface area contributed by atoms with Crippen molar-refractivity contribution in [1.29, 1.82) is 0 Å². The minimum absolute atomic E-state index is 0.0120. The molecule has 2 aliphatic rings. The van der Waals surface area contributed by atoms with Gasteiger partial charge in [-0.1, -0.05) is 36.4 Å². The Bertz CT molecular complexity index is 1700. The lowest BCUT2D eigenvalue weighted by Crippen LogP contribution is -2.53. The summed E-state index contributed by atoms with van der Waals surface area (Å²) in [5.41, 5.74) is 4.12.